The second-order valence-electron chi connectivity index (χ2n) is 6.48. The highest BCUT2D eigenvalue weighted by molar-refractivity contribution is 7.91. The Morgan fingerprint density at radius 1 is 0.909 bits per heavy atom. The number of aromatic nitrogens is 1. The first-order valence-electron chi connectivity index (χ1n) is 7.22. The van der Waals surface area contributed by atoms with Gasteiger partial charge in [0.05, 0.1) is 9.79 Å². The van der Waals surface area contributed by atoms with Crippen LogP contribution in [0.5, 0.6) is 0 Å². The summed E-state index contributed by atoms with van der Waals surface area (Å²) >= 11 is 0. The number of rotatable bonds is 2. The Morgan fingerprint density at radius 2 is 1.55 bits per heavy atom. The molecule has 0 bridgehead atoms. The maximum Gasteiger partial charge on any atom is 0.208 e. The van der Waals surface area contributed by atoms with Crippen molar-refractivity contribution >= 4 is 20.7 Å². The minimum Gasteiger partial charge on any atom is -0.360 e. The molecule has 114 valence electrons. The van der Waals surface area contributed by atoms with E-state index in [-0.39, 0.29) is 5.41 Å². The summed E-state index contributed by atoms with van der Waals surface area (Å²) < 4.78 is 25.7. The maximum atomic E-state index is 12.8. The van der Waals surface area contributed by atoms with Crippen molar-refractivity contribution in [3.05, 3.63) is 60.3 Å². The molecule has 4 heteroatoms. The number of hydrogen-bond acceptors (Lipinski definition) is 2. The fourth-order valence-corrected chi connectivity index (χ4v) is 3.96. The molecule has 0 aliphatic rings. The van der Waals surface area contributed by atoms with Crippen molar-refractivity contribution in [2.45, 2.75) is 36.0 Å². The van der Waals surface area contributed by atoms with Gasteiger partial charge in [0.25, 0.3) is 0 Å². The molecule has 1 heterocycles. The molecule has 0 aliphatic heterocycles. The zero-order chi connectivity index (χ0) is 16.0. The molecule has 1 N–H and O–H groups in total. The fraction of sp³-hybridized carbons (Fsp3) is 0.222. The predicted molar refractivity (Wildman–Crippen MR) is 88.9 cm³/mol. The quantitative estimate of drug-likeness (QED) is 0.767. The van der Waals surface area contributed by atoms with E-state index in [1.165, 1.54) is 0 Å². The van der Waals surface area contributed by atoms with Crippen LogP contribution in [-0.2, 0) is 15.3 Å². The first-order chi connectivity index (χ1) is 10.3. The number of nitrogens with one attached hydrogen (secondary N) is 1. The molecular weight excluding hydrogens is 294 g/mol. The van der Waals surface area contributed by atoms with E-state index in [1.807, 2.05) is 36.4 Å². The van der Waals surface area contributed by atoms with Crippen LogP contribution in [0.2, 0.25) is 0 Å². The molecule has 0 amide bonds. The number of hydrogen-bond donors (Lipinski definition) is 1. The molecule has 0 radical (unpaired) electrons. The Balaban J connectivity index is 2.10. The first-order valence-corrected chi connectivity index (χ1v) is 8.70. The Morgan fingerprint density at radius 3 is 2.18 bits per heavy atom. The number of aromatic amines is 1. The third-order valence-corrected chi connectivity index (χ3v) is 5.68. The van der Waals surface area contributed by atoms with E-state index in [0.717, 1.165) is 16.5 Å². The average molecular weight is 313 g/mol. The van der Waals surface area contributed by atoms with Crippen LogP contribution in [0, 0.1) is 0 Å². The van der Waals surface area contributed by atoms with Crippen LogP contribution in [0.15, 0.2) is 64.5 Å². The van der Waals surface area contributed by atoms with Crippen molar-refractivity contribution in [1.82, 2.24) is 4.98 Å². The van der Waals surface area contributed by atoms with Gasteiger partial charge in [-0.05, 0) is 29.2 Å². The van der Waals surface area contributed by atoms with Gasteiger partial charge in [-0.1, -0.05) is 51.1 Å². The van der Waals surface area contributed by atoms with Gasteiger partial charge in [0.2, 0.25) is 9.84 Å². The molecule has 3 aromatic rings. The lowest BCUT2D eigenvalue weighted by atomic mass is 9.87. The van der Waals surface area contributed by atoms with Gasteiger partial charge in [-0.2, -0.15) is 0 Å². The van der Waals surface area contributed by atoms with Gasteiger partial charge in [-0.15, -0.1) is 0 Å². The summed E-state index contributed by atoms with van der Waals surface area (Å²) in [6.45, 7) is 6.32. The number of benzene rings is 2. The van der Waals surface area contributed by atoms with Gasteiger partial charge in [-0.3, -0.25) is 0 Å². The number of H-pyrrole nitrogens is 1. The van der Waals surface area contributed by atoms with E-state index in [1.54, 1.807) is 18.3 Å². The lowest BCUT2D eigenvalue weighted by Gasteiger charge is -2.19. The lowest BCUT2D eigenvalue weighted by molar-refractivity contribution is 0.586. The highest BCUT2D eigenvalue weighted by atomic mass is 32.2. The highest BCUT2D eigenvalue weighted by Crippen LogP contribution is 2.30. The summed E-state index contributed by atoms with van der Waals surface area (Å²) in [7, 11) is -3.52. The summed E-state index contributed by atoms with van der Waals surface area (Å²) in [5.41, 5.74) is 1.95. The molecule has 0 spiro atoms. The monoisotopic (exact) mass is 313 g/mol. The largest absolute Gasteiger partial charge is 0.360 e. The third kappa shape index (κ3) is 2.44. The van der Waals surface area contributed by atoms with Gasteiger partial charge in [0, 0.05) is 17.1 Å². The molecule has 1 aromatic heterocycles. The van der Waals surface area contributed by atoms with Gasteiger partial charge in [0.15, 0.2) is 0 Å². The second-order valence-corrected chi connectivity index (χ2v) is 8.39. The van der Waals surface area contributed by atoms with Crippen LogP contribution >= 0.6 is 0 Å². The Labute approximate surface area is 130 Å². The van der Waals surface area contributed by atoms with Crippen LogP contribution in [0.1, 0.15) is 26.3 Å². The summed E-state index contributed by atoms with van der Waals surface area (Å²) in [6, 6.07) is 14.6. The minimum absolute atomic E-state index is 0.00305. The molecule has 0 unspecified atom stereocenters. The van der Waals surface area contributed by atoms with E-state index in [9.17, 15) is 8.42 Å². The maximum absolute atomic E-state index is 12.8. The molecular formula is C18H19NO2S. The van der Waals surface area contributed by atoms with Crippen LogP contribution < -0.4 is 0 Å². The van der Waals surface area contributed by atoms with E-state index >= 15 is 0 Å². The summed E-state index contributed by atoms with van der Waals surface area (Å²) in [5, 5.41) is 0.724. The van der Waals surface area contributed by atoms with Gasteiger partial charge in [-0.25, -0.2) is 8.42 Å². The van der Waals surface area contributed by atoms with E-state index in [4.69, 9.17) is 0 Å². The average Bonchev–Trinajstić information content (AvgIpc) is 2.91. The molecule has 22 heavy (non-hydrogen) atoms. The second kappa shape index (κ2) is 4.99. The van der Waals surface area contributed by atoms with Crippen molar-refractivity contribution in [3.63, 3.8) is 0 Å². The van der Waals surface area contributed by atoms with Crippen molar-refractivity contribution in [2.75, 3.05) is 0 Å². The Bertz CT molecular complexity index is 914. The number of para-hydroxylation sites is 1. The molecule has 2 aromatic carbocycles. The number of fused-ring (bicyclic) bond motifs is 1. The van der Waals surface area contributed by atoms with Crippen LogP contribution in [-0.4, -0.2) is 13.4 Å². The van der Waals surface area contributed by atoms with Crippen LogP contribution in [0.4, 0.5) is 0 Å². The van der Waals surface area contributed by atoms with E-state index in [0.29, 0.717) is 9.79 Å². The van der Waals surface area contributed by atoms with Crippen molar-refractivity contribution < 1.29 is 8.42 Å². The molecule has 0 atom stereocenters. The first kappa shape index (κ1) is 14.9. The van der Waals surface area contributed by atoms with Crippen LogP contribution in [0.3, 0.4) is 0 Å². The Kier molecular flexibility index (Phi) is 3.37. The minimum atomic E-state index is -3.52. The summed E-state index contributed by atoms with van der Waals surface area (Å²) in [5.74, 6) is 0. The zero-order valence-electron chi connectivity index (χ0n) is 12.9. The van der Waals surface area contributed by atoms with E-state index < -0.39 is 9.84 Å². The van der Waals surface area contributed by atoms with Gasteiger partial charge >= 0.3 is 0 Å². The SMILES string of the molecule is CC(C)(C)c1ccc(S(=O)(=O)c2c[nH]c3ccccc23)cc1. The van der Waals surface area contributed by atoms with Gasteiger partial charge < -0.3 is 4.98 Å². The zero-order valence-corrected chi connectivity index (χ0v) is 13.7. The molecule has 0 saturated heterocycles. The van der Waals surface area contributed by atoms with E-state index in [2.05, 4.69) is 25.8 Å². The van der Waals surface area contributed by atoms with Crippen molar-refractivity contribution in [1.29, 1.82) is 0 Å². The predicted octanol–water partition coefficient (Wildman–Crippen LogP) is 4.30. The molecule has 0 fully saturated rings. The molecule has 3 rings (SSSR count). The molecule has 0 aliphatic carbocycles. The highest BCUT2D eigenvalue weighted by Gasteiger charge is 2.22. The summed E-state index contributed by atoms with van der Waals surface area (Å²) in [6.07, 6.45) is 1.57. The smallest absolute Gasteiger partial charge is 0.208 e. The summed E-state index contributed by atoms with van der Waals surface area (Å²) in [4.78, 5) is 3.67. The van der Waals surface area contributed by atoms with Crippen LogP contribution in [0.25, 0.3) is 10.9 Å². The third-order valence-electron chi connectivity index (χ3n) is 3.87. The fourth-order valence-electron chi connectivity index (χ4n) is 2.53. The number of sulfone groups is 1. The molecule has 3 nitrogen and oxygen atoms in total. The Hall–Kier alpha value is -2.07. The van der Waals surface area contributed by atoms with Crippen molar-refractivity contribution in [2.24, 2.45) is 0 Å². The normalized spacial score (nSPS) is 12.7. The standard InChI is InChI=1S/C18H19NO2S/c1-18(2,3)13-8-10-14(11-9-13)22(20,21)17-12-19-16-7-5-4-6-15(16)17/h4-12,19H,1-3H3. The van der Waals surface area contributed by atoms with Crippen molar-refractivity contribution in [3.8, 4) is 0 Å². The van der Waals surface area contributed by atoms with Gasteiger partial charge in [0.1, 0.15) is 0 Å². The lowest BCUT2D eigenvalue weighted by Crippen LogP contribution is -2.11. The topological polar surface area (TPSA) is 49.9 Å². The molecule has 0 saturated carbocycles.